The number of aliphatic hydroxyl groups excluding tert-OH is 1. The van der Waals surface area contributed by atoms with E-state index in [4.69, 9.17) is 0 Å². The second-order valence-corrected chi connectivity index (χ2v) is 7.15. The summed E-state index contributed by atoms with van der Waals surface area (Å²) in [4.78, 5) is 0. The Morgan fingerprint density at radius 1 is 1.17 bits per heavy atom. The van der Waals surface area contributed by atoms with Crippen LogP contribution in [0.4, 0.5) is 0 Å². The van der Waals surface area contributed by atoms with E-state index in [0.717, 1.165) is 18.4 Å². The van der Waals surface area contributed by atoms with Crippen molar-refractivity contribution < 1.29 is 15.3 Å². The van der Waals surface area contributed by atoms with E-state index in [0.29, 0.717) is 12.8 Å². The summed E-state index contributed by atoms with van der Waals surface area (Å²) in [5.74, 6) is -0.203. The fourth-order valence-electron chi connectivity index (χ4n) is 3.91. The first-order valence-corrected chi connectivity index (χ1v) is 6.91. The Kier molecular flexibility index (Phi) is 3.16. The van der Waals surface area contributed by atoms with Crippen molar-refractivity contribution in [2.24, 2.45) is 11.3 Å². The van der Waals surface area contributed by atoms with Gasteiger partial charge in [-0.15, -0.1) is 0 Å². The summed E-state index contributed by atoms with van der Waals surface area (Å²) in [6.45, 7) is 7.88. The highest BCUT2D eigenvalue weighted by atomic mass is 16.4. The van der Waals surface area contributed by atoms with Crippen LogP contribution >= 0.6 is 0 Å². The quantitative estimate of drug-likeness (QED) is 0.579. The van der Waals surface area contributed by atoms with Crippen molar-refractivity contribution in [1.82, 2.24) is 0 Å². The predicted molar refractivity (Wildman–Crippen MR) is 71.1 cm³/mol. The van der Waals surface area contributed by atoms with Gasteiger partial charge in [-0.3, -0.25) is 0 Å². The molecule has 1 fully saturated rings. The predicted octanol–water partition coefficient (Wildman–Crippen LogP) is 2.01. The normalized spacial score (nSPS) is 48.1. The largest absolute Gasteiger partial charge is 0.390 e. The van der Waals surface area contributed by atoms with Gasteiger partial charge in [-0.1, -0.05) is 25.5 Å². The molecule has 3 heteroatoms. The Morgan fingerprint density at radius 3 is 2.39 bits per heavy atom. The van der Waals surface area contributed by atoms with Crippen molar-refractivity contribution in [2.75, 3.05) is 0 Å². The third kappa shape index (κ3) is 1.84. The first-order chi connectivity index (χ1) is 8.11. The molecule has 0 unspecified atom stereocenters. The fourth-order valence-corrected chi connectivity index (χ4v) is 3.91. The van der Waals surface area contributed by atoms with Crippen LogP contribution in [0, 0.1) is 11.3 Å². The van der Waals surface area contributed by atoms with Gasteiger partial charge in [0.25, 0.3) is 0 Å². The highest BCUT2D eigenvalue weighted by Gasteiger charge is 2.61. The van der Waals surface area contributed by atoms with Gasteiger partial charge in [0.15, 0.2) is 0 Å². The Labute approximate surface area is 110 Å². The summed E-state index contributed by atoms with van der Waals surface area (Å²) in [5.41, 5.74) is -1.69. The summed E-state index contributed by atoms with van der Waals surface area (Å²) in [7, 11) is 0. The maximum absolute atomic E-state index is 11.1. The molecule has 0 amide bonds. The zero-order valence-electron chi connectivity index (χ0n) is 11.9. The lowest BCUT2D eigenvalue weighted by Gasteiger charge is -2.53. The molecule has 0 saturated heterocycles. The molecule has 4 atom stereocenters. The second kappa shape index (κ2) is 4.06. The molecule has 0 spiro atoms. The Hall–Kier alpha value is -0.380. The van der Waals surface area contributed by atoms with Crippen LogP contribution in [0.1, 0.15) is 53.4 Å². The minimum absolute atomic E-state index is 0.113. The molecular weight excluding hydrogens is 228 g/mol. The van der Waals surface area contributed by atoms with E-state index in [1.54, 1.807) is 6.92 Å². The van der Waals surface area contributed by atoms with Crippen molar-refractivity contribution in [3.63, 3.8) is 0 Å². The highest BCUT2D eigenvalue weighted by Crippen LogP contribution is 2.53. The molecule has 104 valence electrons. The van der Waals surface area contributed by atoms with Crippen LogP contribution < -0.4 is 0 Å². The van der Waals surface area contributed by atoms with Gasteiger partial charge >= 0.3 is 0 Å². The average Bonchev–Trinajstić information content (AvgIpc) is 2.27. The average molecular weight is 254 g/mol. The lowest BCUT2D eigenvalue weighted by atomic mass is 9.59. The number of hydrogen-bond donors (Lipinski definition) is 3. The van der Waals surface area contributed by atoms with Crippen molar-refractivity contribution in [1.29, 1.82) is 0 Å². The van der Waals surface area contributed by atoms with Gasteiger partial charge in [0, 0.05) is 5.92 Å². The molecule has 1 saturated carbocycles. The summed E-state index contributed by atoms with van der Waals surface area (Å²) in [6.07, 6.45) is 3.98. The lowest BCUT2D eigenvalue weighted by Crippen LogP contribution is -2.66. The number of aliphatic hydroxyl groups is 3. The van der Waals surface area contributed by atoms with Crippen LogP contribution in [-0.4, -0.2) is 32.6 Å². The molecule has 3 nitrogen and oxygen atoms in total. The molecule has 2 aliphatic carbocycles. The standard InChI is InChI=1S/C15H26O3/c1-10-8-11-13(2,3)6-5-7-14(4,17)15(11,18)12(16)9-10/h8,11-12,16-18H,5-7,9H2,1-4H3/t11-,12-,14-,15-/m1/s1. The first kappa shape index (κ1) is 14.0. The molecule has 0 heterocycles. The van der Waals surface area contributed by atoms with Gasteiger partial charge in [0.2, 0.25) is 0 Å². The smallest absolute Gasteiger partial charge is 0.126 e. The number of fused-ring (bicyclic) bond motifs is 1. The van der Waals surface area contributed by atoms with E-state index in [2.05, 4.69) is 19.9 Å². The van der Waals surface area contributed by atoms with Gasteiger partial charge in [-0.05, 0) is 44.9 Å². The van der Waals surface area contributed by atoms with E-state index >= 15 is 0 Å². The Morgan fingerprint density at radius 2 is 1.78 bits per heavy atom. The van der Waals surface area contributed by atoms with Gasteiger partial charge in [-0.2, -0.15) is 0 Å². The van der Waals surface area contributed by atoms with Crippen LogP contribution in [-0.2, 0) is 0 Å². The number of hydrogen-bond acceptors (Lipinski definition) is 3. The van der Waals surface area contributed by atoms with Crippen LogP contribution in [0.25, 0.3) is 0 Å². The zero-order chi connectivity index (χ0) is 13.8. The summed E-state index contributed by atoms with van der Waals surface area (Å²) >= 11 is 0. The minimum atomic E-state index is -1.44. The Bertz CT molecular complexity index is 370. The topological polar surface area (TPSA) is 60.7 Å². The van der Waals surface area contributed by atoms with E-state index in [1.165, 1.54) is 0 Å². The number of rotatable bonds is 0. The van der Waals surface area contributed by atoms with Gasteiger partial charge in [0.05, 0.1) is 11.7 Å². The van der Waals surface area contributed by atoms with Crippen molar-refractivity contribution in [3.8, 4) is 0 Å². The molecule has 18 heavy (non-hydrogen) atoms. The van der Waals surface area contributed by atoms with Crippen LogP contribution in [0.5, 0.6) is 0 Å². The monoisotopic (exact) mass is 254 g/mol. The summed E-state index contributed by atoms with van der Waals surface area (Å²) in [6, 6.07) is 0. The van der Waals surface area contributed by atoms with Crippen molar-refractivity contribution in [3.05, 3.63) is 11.6 Å². The van der Waals surface area contributed by atoms with Crippen molar-refractivity contribution in [2.45, 2.75) is 70.7 Å². The summed E-state index contributed by atoms with van der Waals surface area (Å²) in [5, 5.41) is 32.1. The maximum atomic E-state index is 11.1. The first-order valence-electron chi connectivity index (χ1n) is 6.91. The summed E-state index contributed by atoms with van der Waals surface area (Å²) < 4.78 is 0. The molecule has 0 aromatic carbocycles. The Balaban J connectivity index is 2.58. The maximum Gasteiger partial charge on any atom is 0.126 e. The third-order valence-electron chi connectivity index (χ3n) is 5.14. The van der Waals surface area contributed by atoms with Crippen LogP contribution in [0.3, 0.4) is 0 Å². The molecule has 2 aliphatic rings. The molecular formula is C15H26O3. The lowest BCUT2D eigenvalue weighted by molar-refractivity contribution is -0.228. The van der Waals surface area contributed by atoms with E-state index < -0.39 is 17.3 Å². The molecule has 0 bridgehead atoms. The van der Waals surface area contributed by atoms with E-state index in [-0.39, 0.29) is 11.3 Å². The van der Waals surface area contributed by atoms with E-state index in [9.17, 15) is 15.3 Å². The SMILES string of the molecule is CC1=C[C@@H]2C(C)(C)CCC[C@@](C)(O)[C@]2(O)[C@H](O)C1. The molecule has 0 aromatic heterocycles. The highest BCUT2D eigenvalue weighted by molar-refractivity contribution is 5.24. The molecule has 0 radical (unpaired) electrons. The van der Waals surface area contributed by atoms with Crippen LogP contribution in [0.2, 0.25) is 0 Å². The van der Waals surface area contributed by atoms with Crippen molar-refractivity contribution >= 4 is 0 Å². The second-order valence-electron chi connectivity index (χ2n) is 7.15. The van der Waals surface area contributed by atoms with Crippen LogP contribution in [0.15, 0.2) is 11.6 Å². The molecule has 0 aliphatic heterocycles. The van der Waals surface area contributed by atoms with Gasteiger partial charge in [0.1, 0.15) is 5.60 Å². The van der Waals surface area contributed by atoms with Gasteiger partial charge < -0.3 is 15.3 Å². The molecule has 0 aromatic rings. The molecule has 2 rings (SSSR count). The minimum Gasteiger partial charge on any atom is -0.390 e. The molecule has 3 N–H and O–H groups in total. The zero-order valence-corrected chi connectivity index (χ0v) is 11.9. The van der Waals surface area contributed by atoms with Gasteiger partial charge in [-0.25, -0.2) is 0 Å². The fraction of sp³-hybridized carbons (Fsp3) is 0.867. The third-order valence-corrected chi connectivity index (χ3v) is 5.14. The van der Waals surface area contributed by atoms with E-state index in [1.807, 2.05) is 6.92 Å².